The van der Waals surface area contributed by atoms with Crippen LogP contribution in [-0.2, 0) is 0 Å². The standard InChI is InChI=1S/C25H19ClO/c1-27-24-9-5-8-23(20-14-16-22(26)17-15-20)25(24)21-12-10-19(11-13-21)18-6-3-2-4-7-18/h2-17H,1H3. The second-order valence-electron chi connectivity index (χ2n) is 6.33. The van der Waals surface area contributed by atoms with Gasteiger partial charge in [-0.2, -0.15) is 0 Å². The topological polar surface area (TPSA) is 9.23 Å². The molecule has 0 saturated carbocycles. The first-order valence-corrected chi connectivity index (χ1v) is 9.23. The zero-order chi connectivity index (χ0) is 18.6. The highest BCUT2D eigenvalue weighted by atomic mass is 35.5. The lowest BCUT2D eigenvalue weighted by atomic mass is 9.92. The van der Waals surface area contributed by atoms with Crippen molar-refractivity contribution in [1.29, 1.82) is 0 Å². The molecule has 1 nitrogen and oxygen atoms in total. The summed E-state index contributed by atoms with van der Waals surface area (Å²) in [6, 6.07) is 33.1. The van der Waals surface area contributed by atoms with E-state index in [-0.39, 0.29) is 0 Å². The molecular formula is C25H19ClO. The van der Waals surface area contributed by atoms with Gasteiger partial charge in [0, 0.05) is 10.6 Å². The van der Waals surface area contributed by atoms with Crippen molar-refractivity contribution in [3.63, 3.8) is 0 Å². The zero-order valence-electron chi connectivity index (χ0n) is 15.0. The Bertz CT molecular complexity index is 1040. The van der Waals surface area contributed by atoms with E-state index in [0.717, 1.165) is 33.0 Å². The van der Waals surface area contributed by atoms with Gasteiger partial charge in [0.2, 0.25) is 0 Å². The number of hydrogen-bond donors (Lipinski definition) is 0. The van der Waals surface area contributed by atoms with Crippen LogP contribution in [-0.4, -0.2) is 7.11 Å². The van der Waals surface area contributed by atoms with Crippen LogP contribution in [0.5, 0.6) is 5.75 Å². The molecule has 0 bridgehead atoms. The van der Waals surface area contributed by atoms with Crippen molar-refractivity contribution in [2.45, 2.75) is 0 Å². The molecule has 0 spiro atoms. The van der Waals surface area contributed by atoms with Crippen LogP contribution >= 0.6 is 11.6 Å². The van der Waals surface area contributed by atoms with Gasteiger partial charge in [0.1, 0.15) is 5.75 Å². The van der Waals surface area contributed by atoms with Crippen LogP contribution in [0.4, 0.5) is 0 Å². The van der Waals surface area contributed by atoms with Gasteiger partial charge in [0.25, 0.3) is 0 Å². The van der Waals surface area contributed by atoms with Crippen LogP contribution in [0.2, 0.25) is 5.02 Å². The first kappa shape index (κ1) is 17.4. The van der Waals surface area contributed by atoms with E-state index >= 15 is 0 Å². The second-order valence-corrected chi connectivity index (χ2v) is 6.77. The number of hydrogen-bond acceptors (Lipinski definition) is 1. The molecule has 2 heteroatoms. The van der Waals surface area contributed by atoms with Crippen LogP contribution in [0, 0.1) is 0 Å². The third-order valence-corrected chi connectivity index (χ3v) is 4.93. The van der Waals surface area contributed by atoms with Gasteiger partial charge in [0.15, 0.2) is 0 Å². The van der Waals surface area contributed by atoms with E-state index in [1.165, 1.54) is 11.1 Å². The molecule has 4 aromatic carbocycles. The van der Waals surface area contributed by atoms with Crippen LogP contribution in [0.1, 0.15) is 0 Å². The molecule has 27 heavy (non-hydrogen) atoms. The molecule has 4 rings (SSSR count). The lowest BCUT2D eigenvalue weighted by Crippen LogP contribution is -1.92. The minimum atomic E-state index is 0.732. The fraction of sp³-hybridized carbons (Fsp3) is 0.0400. The van der Waals surface area contributed by atoms with Crippen LogP contribution in [0.25, 0.3) is 33.4 Å². The van der Waals surface area contributed by atoms with Crippen LogP contribution < -0.4 is 4.74 Å². The Kier molecular flexibility index (Phi) is 4.95. The Morgan fingerprint density at radius 1 is 0.556 bits per heavy atom. The SMILES string of the molecule is COc1cccc(-c2ccc(Cl)cc2)c1-c1ccc(-c2ccccc2)cc1. The van der Waals surface area contributed by atoms with E-state index in [4.69, 9.17) is 16.3 Å². The molecule has 0 aliphatic heterocycles. The van der Waals surface area contributed by atoms with E-state index in [0.29, 0.717) is 0 Å². The summed E-state index contributed by atoms with van der Waals surface area (Å²) in [6.07, 6.45) is 0. The van der Waals surface area contributed by atoms with Crippen molar-refractivity contribution in [3.8, 4) is 39.1 Å². The summed E-state index contributed by atoms with van der Waals surface area (Å²) in [4.78, 5) is 0. The molecule has 0 amide bonds. The normalized spacial score (nSPS) is 10.6. The van der Waals surface area contributed by atoms with Crippen molar-refractivity contribution in [3.05, 3.63) is 102 Å². The summed E-state index contributed by atoms with van der Waals surface area (Å²) in [5.41, 5.74) is 6.85. The Morgan fingerprint density at radius 2 is 1.15 bits per heavy atom. The summed E-state index contributed by atoms with van der Waals surface area (Å²) in [6.45, 7) is 0. The molecular weight excluding hydrogens is 352 g/mol. The number of ether oxygens (including phenoxy) is 1. The molecule has 0 radical (unpaired) electrons. The lowest BCUT2D eigenvalue weighted by molar-refractivity contribution is 0.416. The van der Waals surface area contributed by atoms with E-state index in [9.17, 15) is 0 Å². The molecule has 4 aromatic rings. The van der Waals surface area contributed by atoms with Crippen molar-refractivity contribution in [2.24, 2.45) is 0 Å². The third kappa shape index (κ3) is 3.60. The van der Waals surface area contributed by atoms with E-state index in [1.807, 2.05) is 42.5 Å². The van der Waals surface area contributed by atoms with Crippen molar-refractivity contribution >= 4 is 11.6 Å². The second kappa shape index (κ2) is 7.69. The van der Waals surface area contributed by atoms with Crippen LogP contribution in [0.3, 0.4) is 0 Å². The van der Waals surface area contributed by atoms with Gasteiger partial charge in [-0.15, -0.1) is 0 Å². The Morgan fingerprint density at radius 3 is 1.81 bits per heavy atom. The predicted molar refractivity (Wildman–Crippen MR) is 114 cm³/mol. The van der Waals surface area contributed by atoms with E-state index < -0.39 is 0 Å². The molecule has 0 atom stereocenters. The summed E-state index contributed by atoms with van der Waals surface area (Å²) in [7, 11) is 1.71. The number of benzene rings is 4. The van der Waals surface area contributed by atoms with E-state index in [2.05, 4.69) is 54.6 Å². The smallest absolute Gasteiger partial charge is 0.127 e. The monoisotopic (exact) mass is 370 g/mol. The van der Waals surface area contributed by atoms with Crippen molar-refractivity contribution in [1.82, 2.24) is 0 Å². The third-order valence-electron chi connectivity index (χ3n) is 4.68. The average Bonchev–Trinajstić information content (AvgIpc) is 2.74. The maximum Gasteiger partial charge on any atom is 0.127 e. The van der Waals surface area contributed by atoms with Gasteiger partial charge < -0.3 is 4.74 Å². The van der Waals surface area contributed by atoms with Gasteiger partial charge in [-0.05, 0) is 46.0 Å². The lowest BCUT2D eigenvalue weighted by Gasteiger charge is -2.15. The fourth-order valence-electron chi connectivity index (χ4n) is 3.33. The minimum absolute atomic E-state index is 0.732. The Hall–Kier alpha value is -3.03. The fourth-order valence-corrected chi connectivity index (χ4v) is 3.45. The van der Waals surface area contributed by atoms with Crippen molar-refractivity contribution < 1.29 is 4.74 Å². The molecule has 0 aliphatic rings. The molecule has 0 aliphatic carbocycles. The molecule has 0 heterocycles. The number of halogens is 1. The van der Waals surface area contributed by atoms with Crippen molar-refractivity contribution in [2.75, 3.05) is 7.11 Å². The maximum absolute atomic E-state index is 6.07. The van der Waals surface area contributed by atoms with Gasteiger partial charge >= 0.3 is 0 Å². The molecule has 132 valence electrons. The first-order chi connectivity index (χ1) is 13.3. The predicted octanol–water partition coefficient (Wildman–Crippen LogP) is 7.35. The summed E-state index contributed by atoms with van der Waals surface area (Å²) < 4.78 is 5.67. The highest BCUT2D eigenvalue weighted by Crippen LogP contribution is 2.40. The van der Waals surface area contributed by atoms with Gasteiger partial charge in [-0.1, -0.05) is 90.5 Å². The van der Waals surface area contributed by atoms with Gasteiger partial charge in [-0.25, -0.2) is 0 Å². The highest BCUT2D eigenvalue weighted by Gasteiger charge is 2.13. The molecule has 0 N–H and O–H groups in total. The minimum Gasteiger partial charge on any atom is -0.496 e. The summed E-state index contributed by atoms with van der Waals surface area (Å²) >= 11 is 6.07. The van der Waals surface area contributed by atoms with Gasteiger partial charge in [0.05, 0.1) is 7.11 Å². The first-order valence-electron chi connectivity index (χ1n) is 8.85. The Balaban J connectivity index is 1.82. The average molecular weight is 371 g/mol. The Labute approximate surface area is 164 Å². The zero-order valence-corrected chi connectivity index (χ0v) is 15.8. The highest BCUT2D eigenvalue weighted by molar-refractivity contribution is 6.30. The molecule has 0 unspecified atom stereocenters. The summed E-state index contributed by atoms with van der Waals surface area (Å²) in [5.74, 6) is 0.856. The molecule has 0 saturated heterocycles. The maximum atomic E-state index is 6.07. The largest absolute Gasteiger partial charge is 0.496 e. The number of methoxy groups -OCH3 is 1. The summed E-state index contributed by atoms with van der Waals surface area (Å²) in [5, 5.41) is 0.732. The van der Waals surface area contributed by atoms with Crippen LogP contribution in [0.15, 0.2) is 97.1 Å². The quantitative estimate of drug-likeness (QED) is 0.365. The number of rotatable bonds is 4. The molecule has 0 fully saturated rings. The van der Waals surface area contributed by atoms with Gasteiger partial charge in [-0.3, -0.25) is 0 Å². The van der Waals surface area contributed by atoms with E-state index in [1.54, 1.807) is 7.11 Å². The molecule has 0 aromatic heterocycles.